The third-order valence-electron chi connectivity index (χ3n) is 4.81. The number of rotatable bonds is 14. The Hall–Kier alpha value is -1.46. The molecule has 9 nitrogen and oxygen atoms in total. The second-order valence-electron chi connectivity index (χ2n) is 7.57. The van der Waals surface area contributed by atoms with Gasteiger partial charge >= 0.3 is 5.97 Å². The van der Waals surface area contributed by atoms with Gasteiger partial charge in [0.2, 0.25) is 17.7 Å². The number of carbonyl (C=O) groups is 4. The van der Waals surface area contributed by atoms with E-state index in [1.54, 1.807) is 32.5 Å². The average molecular weight is 465 g/mol. The molecule has 0 aromatic heterocycles. The summed E-state index contributed by atoms with van der Waals surface area (Å²) in [5, 5.41) is 17.0. The van der Waals surface area contributed by atoms with Gasteiger partial charge in [-0.05, 0) is 30.3 Å². The number of hydrogen-bond donors (Lipinski definition) is 6. The van der Waals surface area contributed by atoms with Crippen LogP contribution in [0.2, 0.25) is 0 Å². The van der Waals surface area contributed by atoms with Gasteiger partial charge in [-0.3, -0.25) is 14.4 Å². The summed E-state index contributed by atoms with van der Waals surface area (Å²) in [6, 6.07) is -3.74. The van der Waals surface area contributed by atoms with Gasteiger partial charge in [-0.15, -0.1) is 0 Å². The number of carbonyl (C=O) groups excluding carboxylic acids is 3. The van der Waals surface area contributed by atoms with E-state index < -0.39 is 47.9 Å². The summed E-state index contributed by atoms with van der Waals surface area (Å²) in [5.74, 6) is -2.63. The Kier molecular flexibility index (Phi) is 13.8. The third-order valence-corrected chi connectivity index (χ3v) is 5.82. The van der Waals surface area contributed by atoms with Gasteiger partial charge in [0, 0.05) is 5.75 Å². The summed E-state index contributed by atoms with van der Waals surface area (Å²) < 4.78 is 0. The van der Waals surface area contributed by atoms with E-state index in [0.29, 0.717) is 12.8 Å². The molecule has 0 aliphatic carbocycles. The molecule has 0 spiro atoms. The minimum atomic E-state index is -1.14. The van der Waals surface area contributed by atoms with E-state index in [9.17, 15) is 24.3 Å². The number of amides is 3. The zero-order chi connectivity index (χ0) is 23.4. The molecule has 0 aromatic rings. The maximum Gasteiger partial charge on any atom is 0.326 e. The molecule has 6 N–H and O–H groups in total. The number of carboxylic acid groups (broad SMARTS) is 1. The number of thioether (sulfide) groups is 1. The van der Waals surface area contributed by atoms with Crippen LogP contribution in [0.25, 0.3) is 0 Å². The van der Waals surface area contributed by atoms with Crippen LogP contribution in [0.15, 0.2) is 0 Å². The van der Waals surface area contributed by atoms with Crippen molar-refractivity contribution >= 4 is 48.1 Å². The minimum Gasteiger partial charge on any atom is -0.480 e. The van der Waals surface area contributed by atoms with Gasteiger partial charge in [0.05, 0.1) is 6.04 Å². The molecular formula is C19H36N4O5S2. The highest BCUT2D eigenvalue weighted by Gasteiger charge is 2.32. The highest BCUT2D eigenvalue weighted by molar-refractivity contribution is 7.98. The van der Waals surface area contributed by atoms with Gasteiger partial charge in [0.25, 0.3) is 0 Å². The fraction of sp³-hybridized carbons (Fsp3) is 0.789. The van der Waals surface area contributed by atoms with Crippen molar-refractivity contribution in [3.8, 4) is 0 Å². The molecule has 0 saturated heterocycles. The molecule has 0 saturated carbocycles. The summed E-state index contributed by atoms with van der Waals surface area (Å²) >= 11 is 5.68. The molecule has 0 fully saturated rings. The van der Waals surface area contributed by atoms with Crippen molar-refractivity contribution in [3.05, 3.63) is 0 Å². The summed E-state index contributed by atoms with van der Waals surface area (Å²) in [4.78, 5) is 49.0. The third kappa shape index (κ3) is 9.57. The fourth-order valence-corrected chi connectivity index (χ4v) is 3.31. The Morgan fingerprint density at radius 2 is 1.57 bits per heavy atom. The summed E-state index contributed by atoms with van der Waals surface area (Å²) in [5.41, 5.74) is 5.86. The molecule has 0 radical (unpaired) electrons. The van der Waals surface area contributed by atoms with Crippen LogP contribution in [0.1, 0.15) is 40.5 Å². The van der Waals surface area contributed by atoms with E-state index in [-0.39, 0.29) is 17.6 Å². The minimum absolute atomic E-state index is 0.0313. The van der Waals surface area contributed by atoms with Crippen LogP contribution in [0.4, 0.5) is 0 Å². The van der Waals surface area contributed by atoms with Crippen molar-refractivity contribution in [1.82, 2.24) is 16.0 Å². The van der Waals surface area contributed by atoms with Crippen LogP contribution in [0.3, 0.4) is 0 Å². The highest BCUT2D eigenvalue weighted by atomic mass is 32.2. The van der Waals surface area contributed by atoms with Crippen molar-refractivity contribution in [2.24, 2.45) is 17.6 Å². The lowest BCUT2D eigenvalue weighted by molar-refractivity contribution is -0.143. The second-order valence-corrected chi connectivity index (χ2v) is 8.92. The van der Waals surface area contributed by atoms with E-state index in [1.807, 2.05) is 13.2 Å². The van der Waals surface area contributed by atoms with E-state index in [1.165, 1.54) is 0 Å². The Morgan fingerprint density at radius 3 is 2.00 bits per heavy atom. The molecule has 0 heterocycles. The van der Waals surface area contributed by atoms with Crippen molar-refractivity contribution < 1.29 is 24.3 Å². The topological polar surface area (TPSA) is 151 Å². The van der Waals surface area contributed by atoms with Crippen LogP contribution in [0.5, 0.6) is 0 Å². The highest BCUT2D eigenvalue weighted by Crippen LogP contribution is 2.09. The zero-order valence-electron chi connectivity index (χ0n) is 18.3. The fourth-order valence-electron chi connectivity index (χ4n) is 2.56. The SMILES string of the molecule is CCC(C)C(NC(=O)C(CS)NC(=O)C(NC(=O)C(N)CCSC)C(C)C)C(=O)O. The van der Waals surface area contributed by atoms with Crippen molar-refractivity contribution in [1.29, 1.82) is 0 Å². The average Bonchev–Trinajstić information content (AvgIpc) is 2.70. The molecule has 11 heteroatoms. The van der Waals surface area contributed by atoms with E-state index in [4.69, 9.17) is 5.73 Å². The van der Waals surface area contributed by atoms with E-state index in [2.05, 4.69) is 28.6 Å². The maximum absolute atomic E-state index is 12.7. The number of aliphatic carboxylic acids is 1. The van der Waals surface area contributed by atoms with E-state index in [0.717, 1.165) is 5.75 Å². The number of hydrogen-bond acceptors (Lipinski definition) is 7. The van der Waals surface area contributed by atoms with Crippen LogP contribution in [-0.4, -0.2) is 70.7 Å². The Morgan fingerprint density at radius 1 is 1.00 bits per heavy atom. The molecule has 5 unspecified atom stereocenters. The summed E-state index contributed by atoms with van der Waals surface area (Å²) in [6.07, 6.45) is 2.95. The van der Waals surface area contributed by atoms with Crippen LogP contribution in [-0.2, 0) is 19.2 Å². The normalized spacial score (nSPS) is 16.1. The number of thiol groups is 1. The number of nitrogens with one attached hydrogen (secondary N) is 3. The standard InChI is InChI=1S/C19H36N4O5S2/c1-6-11(4)15(19(27)28)23-17(25)13(9-29)21-18(26)14(10(2)3)22-16(24)12(20)7-8-30-5/h10-15,29H,6-9,20H2,1-5H3,(H,21,26)(H,22,24)(H,23,25)(H,27,28). The van der Waals surface area contributed by atoms with Gasteiger partial charge in [0.1, 0.15) is 18.1 Å². The number of carboxylic acids is 1. The van der Waals surface area contributed by atoms with Crippen molar-refractivity contribution in [2.45, 2.75) is 64.7 Å². The van der Waals surface area contributed by atoms with Gasteiger partial charge in [-0.2, -0.15) is 24.4 Å². The molecule has 174 valence electrons. The Labute approximate surface area is 188 Å². The molecule has 0 bridgehead atoms. The Balaban J connectivity index is 5.15. The zero-order valence-corrected chi connectivity index (χ0v) is 20.0. The van der Waals surface area contributed by atoms with Crippen LogP contribution >= 0.6 is 24.4 Å². The van der Waals surface area contributed by atoms with Crippen LogP contribution < -0.4 is 21.7 Å². The lowest BCUT2D eigenvalue weighted by Crippen LogP contribution is -2.59. The molecule has 30 heavy (non-hydrogen) atoms. The quantitative estimate of drug-likeness (QED) is 0.202. The summed E-state index contributed by atoms with van der Waals surface area (Å²) in [7, 11) is 0. The molecule has 3 amide bonds. The van der Waals surface area contributed by atoms with Crippen molar-refractivity contribution in [3.63, 3.8) is 0 Å². The largest absolute Gasteiger partial charge is 0.480 e. The predicted octanol–water partition coefficient (Wildman–Crippen LogP) is 0.238. The first kappa shape index (κ1) is 28.5. The second kappa shape index (κ2) is 14.5. The Bertz CT molecular complexity index is 591. The van der Waals surface area contributed by atoms with Gasteiger partial charge < -0.3 is 26.8 Å². The monoisotopic (exact) mass is 464 g/mol. The van der Waals surface area contributed by atoms with Crippen molar-refractivity contribution in [2.75, 3.05) is 17.8 Å². The smallest absolute Gasteiger partial charge is 0.326 e. The van der Waals surface area contributed by atoms with Gasteiger partial charge in [-0.25, -0.2) is 4.79 Å². The summed E-state index contributed by atoms with van der Waals surface area (Å²) in [6.45, 7) is 7.07. The first-order valence-electron chi connectivity index (χ1n) is 9.99. The lowest BCUT2D eigenvalue weighted by Gasteiger charge is -2.27. The molecule has 5 atom stereocenters. The molecule has 0 aliphatic rings. The molecule has 0 aromatic carbocycles. The van der Waals surface area contributed by atoms with Gasteiger partial charge in [0.15, 0.2) is 0 Å². The molecule has 0 aliphatic heterocycles. The lowest BCUT2D eigenvalue weighted by atomic mass is 9.99. The van der Waals surface area contributed by atoms with Crippen LogP contribution in [0, 0.1) is 11.8 Å². The number of nitrogens with two attached hydrogens (primary N) is 1. The maximum atomic E-state index is 12.7. The predicted molar refractivity (Wildman–Crippen MR) is 123 cm³/mol. The first-order chi connectivity index (χ1) is 14.0. The first-order valence-corrected chi connectivity index (χ1v) is 12.0. The van der Waals surface area contributed by atoms with Gasteiger partial charge in [-0.1, -0.05) is 34.1 Å². The molecular weight excluding hydrogens is 428 g/mol. The molecule has 0 rings (SSSR count). The van der Waals surface area contributed by atoms with E-state index >= 15 is 0 Å².